The lowest BCUT2D eigenvalue weighted by atomic mass is 10.2. The summed E-state index contributed by atoms with van der Waals surface area (Å²) in [4.78, 5) is 12.7. The number of aromatic nitrogens is 3. The van der Waals surface area contributed by atoms with Gasteiger partial charge in [-0.2, -0.15) is 0 Å². The highest BCUT2D eigenvalue weighted by Gasteiger charge is 2.12. The molecule has 0 amide bonds. The minimum absolute atomic E-state index is 0.0494. The largest absolute Gasteiger partial charge is 0.394 e. The van der Waals surface area contributed by atoms with Crippen LogP contribution < -0.4 is 5.32 Å². The smallest absolute Gasteiger partial charge is 0.142 e. The molecular weight excluding hydrogens is 260 g/mol. The molecule has 3 rings (SSSR count). The van der Waals surface area contributed by atoms with Crippen molar-refractivity contribution in [2.75, 3.05) is 11.9 Å². The molecule has 1 atom stereocenters. The van der Waals surface area contributed by atoms with Crippen molar-refractivity contribution in [1.82, 2.24) is 15.0 Å². The number of nitrogens with one attached hydrogen (secondary N) is 2. The molecule has 0 aromatic carbocycles. The van der Waals surface area contributed by atoms with Crippen molar-refractivity contribution in [3.05, 3.63) is 41.0 Å². The highest BCUT2D eigenvalue weighted by molar-refractivity contribution is 7.09. The fourth-order valence-corrected chi connectivity index (χ4v) is 2.80. The summed E-state index contributed by atoms with van der Waals surface area (Å²) in [5, 5.41) is 15.8. The van der Waals surface area contributed by atoms with Crippen LogP contribution in [0, 0.1) is 0 Å². The topological polar surface area (TPSA) is 73.8 Å². The maximum atomic E-state index is 9.50. The Morgan fingerprint density at radius 1 is 1.37 bits per heavy atom. The molecule has 0 unspecified atom stereocenters. The van der Waals surface area contributed by atoms with Crippen LogP contribution in [0.25, 0.3) is 11.0 Å². The van der Waals surface area contributed by atoms with E-state index in [1.54, 1.807) is 11.3 Å². The summed E-state index contributed by atoms with van der Waals surface area (Å²) in [6, 6.07) is 5.97. The van der Waals surface area contributed by atoms with Crippen LogP contribution in [0.5, 0.6) is 0 Å². The van der Waals surface area contributed by atoms with Crippen molar-refractivity contribution in [2.45, 2.75) is 12.5 Å². The van der Waals surface area contributed by atoms with Crippen LogP contribution in [0.4, 0.5) is 5.82 Å². The SMILES string of the molecule is OC[C@H](Cc1cccs1)Nc1ncnc2[nH]ccc12. The van der Waals surface area contributed by atoms with E-state index in [1.165, 1.54) is 11.2 Å². The van der Waals surface area contributed by atoms with Crippen LogP contribution in [-0.4, -0.2) is 32.7 Å². The number of aliphatic hydroxyl groups excluding tert-OH is 1. The summed E-state index contributed by atoms with van der Waals surface area (Å²) in [7, 11) is 0. The van der Waals surface area contributed by atoms with Crippen LogP contribution in [0.2, 0.25) is 0 Å². The molecule has 98 valence electrons. The molecule has 0 fully saturated rings. The average Bonchev–Trinajstić information content (AvgIpc) is 3.08. The first-order valence-electron chi connectivity index (χ1n) is 6.04. The maximum absolute atomic E-state index is 9.50. The number of thiophene rings is 1. The van der Waals surface area contributed by atoms with E-state index in [-0.39, 0.29) is 12.6 Å². The molecule has 3 aromatic heterocycles. The monoisotopic (exact) mass is 274 g/mol. The Morgan fingerprint density at radius 3 is 3.11 bits per heavy atom. The van der Waals surface area contributed by atoms with Gasteiger partial charge in [0.25, 0.3) is 0 Å². The molecule has 0 aliphatic heterocycles. The number of hydrogen-bond acceptors (Lipinski definition) is 5. The third-order valence-corrected chi connectivity index (χ3v) is 3.84. The summed E-state index contributed by atoms with van der Waals surface area (Å²) in [6.45, 7) is 0.0633. The lowest BCUT2D eigenvalue weighted by molar-refractivity contribution is 0.274. The lowest BCUT2D eigenvalue weighted by Crippen LogP contribution is -2.26. The van der Waals surface area contributed by atoms with Gasteiger partial charge < -0.3 is 15.4 Å². The van der Waals surface area contributed by atoms with E-state index >= 15 is 0 Å². The molecule has 3 aromatic rings. The van der Waals surface area contributed by atoms with E-state index in [2.05, 4.69) is 26.3 Å². The van der Waals surface area contributed by atoms with Crippen LogP contribution >= 0.6 is 11.3 Å². The van der Waals surface area contributed by atoms with Crippen molar-refractivity contribution < 1.29 is 5.11 Å². The third-order valence-electron chi connectivity index (χ3n) is 2.94. The van der Waals surface area contributed by atoms with Crippen LogP contribution in [0.3, 0.4) is 0 Å². The van der Waals surface area contributed by atoms with Gasteiger partial charge in [0.15, 0.2) is 0 Å². The highest BCUT2D eigenvalue weighted by atomic mass is 32.1. The van der Waals surface area contributed by atoms with Crippen molar-refractivity contribution in [3.63, 3.8) is 0 Å². The quantitative estimate of drug-likeness (QED) is 0.665. The van der Waals surface area contributed by atoms with Gasteiger partial charge in [0.2, 0.25) is 0 Å². The molecule has 0 aliphatic rings. The second kappa shape index (κ2) is 5.38. The van der Waals surface area contributed by atoms with Crippen molar-refractivity contribution in [3.8, 4) is 0 Å². The van der Waals surface area contributed by atoms with Crippen LogP contribution in [-0.2, 0) is 6.42 Å². The number of aliphatic hydroxyl groups is 1. The zero-order valence-corrected chi connectivity index (χ0v) is 11.0. The summed E-state index contributed by atoms with van der Waals surface area (Å²) in [6.07, 6.45) is 4.13. The molecule has 0 radical (unpaired) electrons. The van der Waals surface area contributed by atoms with Gasteiger partial charge in [0, 0.05) is 17.5 Å². The molecule has 0 saturated heterocycles. The predicted octanol–water partition coefficient (Wildman–Crippen LogP) is 2.03. The van der Waals surface area contributed by atoms with E-state index in [1.807, 2.05) is 23.7 Å². The molecule has 3 N–H and O–H groups in total. The van der Waals surface area contributed by atoms with E-state index in [0.717, 1.165) is 23.3 Å². The fourth-order valence-electron chi connectivity index (χ4n) is 2.01. The second-order valence-electron chi connectivity index (χ2n) is 4.27. The Labute approximate surface area is 114 Å². The van der Waals surface area contributed by atoms with Gasteiger partial charge in [-0.25, -0.2) is 9.97 Å². The molecule has 6 heteroatoms. The Kier molecular flexibility index (Phi) is 3.43. The Hall–Kier alpha value is -1.92. The number of fused-ring (bicyclic) bond motifs is 1. The first-order chi connectivity index (χ1) is 9.36. The molecular formula is C13H14N4OS. The number of aromatic amines is 1. The molecule has 0 spiro atoms. The van der Waals surface area contributed by atoms with Gasteiger partial charge in [-0.3, -0.25) is 0 Å². The lowest BCUT2D eigenvalue weighted by Gasteiger charge is -2.16. The number of nitrogens with zero attached hydrogens (tertiary/aromatic N) is 2. The Morgan fingerprint density at radius 2 is 2.32 bits per heavy atom. The first kappa shape index (κ1) is 12.1. The second-order valence-corrected chi connectivity index (χ2v) is 5.30. The van der Waals surface area contributed by atoms with Gasteiger partial charge in [-0.1, -0.05) is 6.07 Å². The minimum Gasteiger partial charge on any atom is -0.394 e. The van der Waals surface area contributed by atoms with E-state index in [9.17, 15) is 5.11 Å². The molecule has 0 bridgehead atoms. The number of hydrogen-bond donors (Lipinski definition) is 3. The van der Waals surface area contributed by atoms with Gasteiger partial charge in [0.05, 0.1) is 18.0 Å². The predicted molar refractivity (Wildman–Crippen MR) is 76.4 cm³/mol. The average molecular weight is 274 g/mol. The zero-order chi connectivity index (χ0) is 13.1. The molecule has 19 heavy (non-hydrogen) atoms. The van der Waals surface area contributed by atoms with E-state index < -0.39 is 0 Å². The Bertz CT molecular complexity index is 650. The molecule has 0 saturated carbocycles. The Balaban J connectivity index is 1.80. The minimum atomic E-state index is -0.0494. The molecule has 3 heterocycles. The molecule has 0 aliphatic carbocycles. The summed E-state index contributed by atoms with van der Waals surface area (Å²) < 4.78 is 0. The van der Waals surface area contributed by atoms with E-state index in [0.29, 0.717) is 0 Å². The number of anilines is 1. The fraction of sp³-hybridized carbons (Fsp3) is 0.231. The van der Waals surface area contributed by atoms with Crippen molar-refractivity contribution in [2.24, 2.45) is 0 Å². The van der Waals surface area contributed by atoms with E-state index in [4.69, 9.17) is 0 Å². The van der Waals surface area contributed by atoms with Crippen molar-refractivity contribution >= 4 is 28.2 Å². The first-order valence-corrected chi connectivity index (χ1v) is 6.92. The van der Waals surface area contributed by atoms with Crippen molar-refractivity contribution in [1.29, 1.82) is 0 Å². The zero-order valence-electron chi connectivity index (χ0n) is 10.2. The number of H-pyrrole nitrogens is 1. The van der Waals surface area contributed by atoms with Gasteiger partial charge in [-0.15, -0.1) is 11.3 Å². The summed E-state index contributed by atoms with van der Waals surface area (Å²) in [5.41, 5.74) is 0.797. The van der Waals surface area contributed by atoms with Gasteiger partial charge in [-0.05, 0) is 17.5 Å². The van der Waals surface area contributed by atoms with Crippen LogP contribution in [0.1, 0.15) is 4.88 Å². The summed E-state index contributed by atoms with van der Waals surface area (Å²) >= 11 is 1.69. The standard InChI is InChI=1S/C13H14N4OS/c18-7-9(6-10-2-1-5-19-10)17-13-11-3-4-14-12(11)15-8-16-13/h1-5,8-9,18H,6-7H2,(H2,14,15,16,17)/t9-/m0/s1. The highest BCUT2D eigenvalue weighted by Crippen LogP contribution is 2.20. The normalized spacial score (nSPS) is 12.7. The third kappa shape index (κ3) is 2.59. The van der Waals surface area contributed by atoms with Crippen LogP contribution in [0.15, 0.2) is 36.1 Å². The number of rotatable bonds is 5. The van der Waals surface area contributed by atoms with Gasteiger partial charge >= 0.3 is 0 Å². The van der Waals surface area contributed by atoms with Gasteiger partial charge in [0.1, 0.15) is 17.8 Å². The molecule has 5 nitrogen and oxygen atoms in total. The summed E-state index contributed by atoms with van der Waals surface area (Å²) in [5.74, 6) is 0.752. The maximum Gasteiger partial charge on any atom is 0.142 e.